The maximum atomic E-state index is 6.04. The smallest absolute Gasteiger partial charge is 0.142 e. The van der Waals surface area contributed by atoms with Crippen molar-refractivity contribution in [2.24, 2.45) is 0 Å². The molecule has 1 unspecified atom stereocenters. The Labute approximate surface area is 93.0 Å². The molecule has 0 spiro atoms. The fraction of sp³-hybridized carbons (Fsp3) is 0.500. The van der Waals surface area contributed by atoms with Crippen LogP contribution in [0.3, 0.4) is 0 Å². The summed E-state index contributed by atoms with van der Waals surface area (Å²) in [6, 6.07) is 2.05. The van der Waals surface area contributed by atoms with Crippen molar-refractivity contribution in [3.8, 4) is 0 Å². The summed E-state index contributed by atoms with van der Waals surface area (Å²) in [5.74, 6) is 0.498. The van der Waals surface area contributed by atoms with E-state index in [1.54, 1.807) is 18.0 Å². The first-order chi connectivity index (χ1) is 6.83. The van der Waals surface area contributed by atoms with Gasteiger partial charge >= 0.3 is 0 Å². The van der Waals surface area contributed by atoms with Gasteiger partial charge in [0.15, 0.2) is 0 Å². The van der Waals surface area contributed by atoms with Crippen molar-refractivity contribution in [3.05, 3.63) is 23.0 Å². The molecular formula is C10H12ClNOS. The summed E-state index contributed by atoms with van der Waals surface area (Å²) in [6.45, 7) is 1.67. The zero-order chi connectivity index (χ0) is 9.97. The maximum Gasteiger partial charge on any atom is 0.142 e. The first-order valence-corrected chi connectivity index (χ1v) is 6.19. The van der Waals surface area contributed by atoms with E-state index in [0.717, 1.165) is 24.5 Å². The van der Waals surface area contributed by atoms with Crippen LogP contribution in [0.4, 0.5) is 0 Å². The number of nitrogens with zero attached hydrogens (tertiary/aromatic N) is 1. The standard InChI is InChI=1S/C10H12ClNOS/c1-14-9-8(2-4-12-10(9)11)7-3-5-13-6-7/h2,4,7H,3,5-6H2,1H3. The van der Waals surface area contributed by atoms with Crippen LogP contribution in [0.15, 0.2) is 17.2 Å². The van der Waals surface area contributed by atoms with E-state index in [1.807, 2.05) is 6.26 Å². The molecule has 0 radical (unpaired) electrons. The minimum Gasteiger partial charge on any atom is -0.381 e. The lowest BCUT2D eigenvalue weighted by Crippen LogP contribution is -2.00. The van der Waals surface area contributed by atoms with E-state index in [1.165, 1.54) is 5.56 Å². The maximum absolute atomic E-state index is 6.04. The van der Waals surface area contributed by atoms with Crippen LogP contribution in [0.1, 0.15) is 17.9 Å². The number of thioether (sulfide) groups is 1. The highest BCUT2D eigenvalue weighted by atomic mass is 35.5. The van der Waals surface area contributed by atoms with Crippen LogP contribution in [-0.2, 0) is 4.74 Å². The third-order valence-corrected chi connectivity index (χ3v) is 3.70. The summed E-state index contributed by atoms with van der Waals surface area (Å²) in [7, 11) is 0. The molecule has 76 valence electrons. The first kappa shape index (κ1) is 10.3. The van der Waals surface area contributed by atoms with Crippen molar-refractivity contribution < 1.29 is 4.74 Å². The third-order valence-electron chi connectivity index (χ3n) is 2.47. The topological polar surface area (TPSA) is 22.1 Å². The van der Waals surface area contributed by atoms with Crippen LogP contribution in [-0.4, -0.2) is 24.5 Å². The van der Waals surface area contributed by atoms with Crippen molar-refractivity contribution in [1.82, 2.24) is 4.98 Å². The van der Waals surface area contributed by atoms with Gasteiger partial charge in [-0.2, -0.15) is 0 Å². The summed E-state index contributed by atoms with van der Waals surface area (Å²) >= 11 is 7.69. The average molecular weight is 230 g/mol. The average Bonchev–Trinajstić information content (AvgIpc) is 2.70. The molecule has 1 saturated heterocycles. The quantitative estimate of drug-likeness (QED) is 0.575. The summed E-state index contributed by atoms with van der Waals surface area (Å²) in [5.41, 5.74) is 1.29. The molecule has 14 heavy (non-hydrogen) atoms. The largest absolute Gasteiger partial charge is 0.381 e. The highest BCUT2D eigenvalue weighted by Gasteiger charge is 2.21. The molecule has 1 aliphatic heterocycles. The molecule has 0 aliphatic carbocycles. The highest BCUT2D eigenvalue weighted by molar-refractivity contribution is 7.98. The lowest BCUT2D eigenvalue weighted by Gasteiger charge is -2.12. The normalized spacial score (nSPS) is 21.4. The van der Waals surface area contributed by atoms with Crippen molar-refractivity contribution >= 4 is 23.4 Å². The number of hydrogen-bond acceptors (Lipinski definition) is 3. The molecule has 0 aromatic carbocycles. The Morgan fingerprint density at radius 3 is 3.14 bits per heavy atom. The van der Waals surface area contributed by atoms with Gasteiger partial charge < -0.3 is 4.74 Å². The Balaban J connectivity index is 2.35. The minimum absolute atomic E-state index is 0.498. The van der Waals surface area contributed by atoms with Crippen LogP contribution < -0.4 is 0 Å². The van der Waals surface area contributed by atoms with E-state index >= 15 is 0 Å². The zero-order valence-corrected chi connectivity index (χ0v) is 9.57. The van der Waals surface area contributed by atoms with Crippen molar-refractivity contribution in [1.29, 1.82) is 0 Å². The van der Waals surface area contributed by atoms with Gasteiger partial charge in [-0.25, -0.2) is 4.98 Å². The highest BCUT2D eigenvalue weighted by Crippen LogP contribution is 2.35. The summed E-state index contributed by atoms with van der Waals surface area (Å²) < 4.78 is 5.38. The molecule has 1 aliphatic rings. The van der Waals surface area contributed by atoms with Gasteiger partial charge in [0.1, 0.15) is 5.15 Å². The molecule has 0 N–H and O–H groups in total. The van der Waals surface area contributed by atoms with Crippen LogP contribution in [0.2, 0.25) is 5.15 Å². The molecule has 0 bridgehead atoms. The Hall–Kier alpha value is -0.250. The van der Waals surface area contributed by atoms with Gasteiger partial charge in [-0.15, -0.1) is 11.8 Å². The van der Waals surface area contributed by atoms with Crippen LogP contribution in [0, 0.1) is 0 Å². The Bertz CT molecular complexity index is 326. The first-order valence-electron chi connectivity index (χ1n) is 4.59. The molecule has 2 nitrogen and oxygen atoms in total. The van der Waals surface area contributed by atoms with Crippen molar-refractivity contribution in [3.63, 3.8) is 0 Å². The van der Waals surface area contributed by atoms with Gasteiger partial charge in [0.25, 0.3) is 0 Å². The van der Waals surface area contributed by atoms with Crippen molar-refractivity contribution in [2.75, 3.05) is 19.5 Å². The predicted molar refractivity (Wildman–Crippen MR) is 59.2 cm³/mol. The molecule has 1 atom stereocenters. The predicted octanol–water partition coefficient (Wildman–Crippen LogP) is 2.96. The molecule has 1 fully saturated rings. The number of halogens is 1. The molecule has 4 heteroatoms. The number of rotatable bonds is 2. The molecule has 1 aromatic heterocycles. The van der Waals surface area contributed by atoms with Crippen LogP contribution in [0.5, 0.6) is 0 Å². The van der Waals surface area contributed by atoms with E-state index in [4.69, 9.17) is 16.3 Å². The van der Waals surface area contributed by atoms with Gasteiger partial charge in [0.2, 0.25) is 0 Å². The fourth-order valence-corrected chi connectivity index (χ4v) is 2.83. The molecule has 0 amide bonds. The molecule has 1 aromatic rings. The van der Waals surface area contributed by atoms with Gasteiger partial charge in [-0.05, 0) is 24.3 Å². The monoisotopic (exact) mass is 229 g/mol. The second-order valence-electron chi connectivity index (χ2n) is 3.28. The molecular weight excluding hydrogens is 218 g/mol. The van der Waals surface area contributed by atoms with Crippen LogP contribution >= 0.6 is 23.4 Å². The lowest BCUT2D eigenvalue weighted by atomic mass is 10.00. The van der Waals surface area contributed by atoms with E-state index in [2.05, 4.69) is 11.1 Å². The van der Waals surface area contributed by atoms with Gasteiger partial charge in [0.05, 0.1) is 6.61 Å². The summed E-state index contributed by atoms with van der Waals surface area (Å²) in [5, 5.41) is 0.613. The second kappa shape index (κ2) is 4.51. The minimum atomic E-state index is 0.498. The van der Waals surface area contributed by atoms with E-state index < -0.39 is 0 Å². The Morgan fingerprint density at radius 2 is 2.50 bits per heavy atom. The molecule has 2 rings (SSSR count). The SMILES string of the molecule is CSc1c(C2CCOC2)ccnc1Cl. The molecule has 2 heterocycles. The second-order valence-corrected chi connectivity index (χ2v) is 4.46. The van der Waals surface area contributed by atoms with E-state index in [9.17, 15) is 0 Å². The summed E-state index contributed by atoms with van der Waals surface area (Å²) in [6.07, 6.45) is 4.89. The number of pyridine rings is 1. The molecule has 0 saturated carbocycles. The third kappa shape index (κ3) is 1.90. The van der Waals surface area contributed by atoms with Crippen LogP contribution in [0.25, 0.3) is 0 Å². The lowest BCUT2D eigenvalue weighted by molar-refractivity contribution is 0.193. The van der Waals surface area contributed by atoms with Gasteiger partial charge in [0, 0.05) is 23.6 Å². The Kier molecular flexibility index (Phi) is 3.31. The van der Waals surface area contributed by atoms with E-state index in [-0.39, 0.29) is 0 Å². The van der Waals surface area contributed by atoms with Gasteiger partial charge in [-0.1, -0.05) is 11.6 Å². The zero-order valence-electron chi connectivity index (χ0n) is 8.00. The summed E-state index contributed by atoms with van der Waals surface area (Å²) in [4.78, 5) is 5.19. The van der Waals surface area contributed by atoms with Crippen molar-refractivity contribution in [2.45, 2.75) is 17.2 Å². The number of ether oxygens (including phenoxy) is 1. The fourth-order valence-electron chi connectivity index (χ4n) is 1.74. The number of aromatic nitrogens is 1. The number of hydrogen-bond donors (Lipinski definition) is 0. The Morgan fingerprint density at radius 1 is 1.64 bits per heavy atom. The van der Waals surface area contributed by atoms with Gasteiger partial charge in [-0.3, -0.25) is 0 Å². The van der Waals surface area contributed by atoms with E-state index in [0.29, 0.717) is 11.1 Å².